The minimum Gasteiger partial charge on any atom is -0.298 e. The van der Waals surface area contributed by atoms with Crippen molar-refractivity contribution in [2.75, 3.05) is 0 Å². The maximum absolute atomic E-state index is 11.1. The van der Waals surface area contributed by atoms with E-state index in [0.717, 1.165) is 12.0 Å². The molecule has 0 aliphatic heterocycles. The molecule has 1 aromatic heterocycles. The fourth-order valence-electron chi connectivity index (χ4n) is 1.81. The van der Waals surface area contributed by atoms with Crippen molar-refractivity contribution in [1.82, 2.24) is 9.97 Å². The first kappa shape index (κ1) is 12.7. The predicted octanol–water partition coefficient (Wildman–Crippen LogP) is 3.48. The summed E-state index contributed by atoms with van der Waals surface area (Å²) in [5.41, 5.74) is 3.02. The molecule has 3 nitrogen and oxygen atoms in total. The lowest BCUT2D eigenvalue weighted by Gasteiger charge is -2.08. The molecule has 92 valence electrons. The Labute approximate surface area is 111 Å². The summed E-state index contributed by atoms with van der Waals surface area (Å²) >= 11 is 5.98. The van der Waals surface area contributed by atoms with E-state index in [1.54, 1.807) is 6.92 Å². The summed E-state index contributed by atoms with van der Waals surface area (Å²) in [5, 5.41) is 0.203. The van der Waals surface area contributed by atoms with Crippen molar-refractivity contribution in [2.45, 2.75) is 20.3 Å². The van der Waals surface area contributed by atoms with Crippen molar-refractivity contribution < 1.29 is 4.79 Å². The lowest BCUT2D eigenvalue weighted by atomic mass is 10.0. The van der Waals surface area contributed by atoms with E-state index in [1.165, 1.54) is 5.56 Å². The highest BCUT2D eigenvalue weighted by molar-refractivity contribution is 6.32. The molecule has 18 heavy (non-hydrogen) atoms. The van der Waals surface area contributed by atoms with Gasteiger partial charge in [-0.2, -0.15) is 0 Å². The first-order chi connectivity index (χ1) is 8.65. The van der Waals surface area contributed by atoms with Crippen molar-refractivity contribution in [1.29, 1.82) is 0 Å². The van der Waals surface area contributed by atoms with E-state index in [4.69, 9.17) is 11.6 Å². The molecule has 0 atom stereocenters. The molecule has 0 fully saturated rings. The van der Waals surface area contributed by atoms with Gasteiger partial charge in [0.15, 0.2) is 6.29 Å². The Morgan fingerprint density at radius 3 is 2.78 bits per heavy atom. The molecule has 0 aliphatic carbocycles. The van der Waals surface area contributed by atoms with Gasteiger partial charge >= 0.3 is 0 Å². The molecule has 0 unspecified atom stereocenters. The number of carbonyl (C=O) groups excluding carboxylic acids is 1. The van der Waals surface area contributed by atoms with Gasteiger partial charge in [0.1, 0.15) is 11.0 Å². The first-order valence-electron chi connectivity index (χ1n) is 5.74. The number of rotatable bonds is 3. The minimum absolute atomic E-state index is 0.203. The zero-order valence-electron chi connectivity index (χ0n) is 10.3. The van der Waals surface area contributed by atoms with E-state index in [1.807, 2.05) is 24.3 Å². The van der Waals surface area contributed by atoms with Gasteiger partial charge in [0.2, 0.25) is 0 Å². The Kier molecular flexibility index (Phi) is 3.72. The molecule has 1 aromatic carbocycles. The van der Waals surface area contributed by atoms with Crippen molar-refractivity contribution >= 4 is 17.9 Å². The summed E-state index contributed by atoms with van der Waals surface area (Å²) in [7, 11) is 0. The van der Waals surface area contributed by atoms with Gasteiger partial charge in [-0.05, 0) is 25.0 Å². The number of aryl methyl sites for hydroxylation is 2. The second-order valence-corrected chi connectivity index (χ2v) is 4.35. The molecular formula is C14H13ClN2O. The average molecular weight is 261 g/mol. The van der Waals surface area contributed by atoms with Gasteiger partial charge in [-0.3, -0.25) is 4.79 Å². The van der Waals surface area contributed by atoms with Crippen molar-refractivity contribution in [3.05, 3.63) is 46.4 Å². The molecule has 1 heterocycles. The second kappa shape index (κ2) is 5.27. The third-order valence-electron chi connectivity index (χ3n) is 2.74. The van der Waals surface area contributed by atoms with Crippen LogP contribution in [0.25, 0.3) is 11.3 Å². The van der Waals surface area contributed by atoms with Crippen LogP contribution in [0.5, 0.6) is 0 Å². The van der Waals surface area contributed by atoms with Crippen molar-refractivity contribution in [3.8, 4) is 11.3 Å². The summed E-state index contributed by atoms with van der Waals surface area (Å²) in [4.78, 5) is 19.4. The van der Waals surface area contributed by atoms with Crippen LogP contribution in [-0.4, -0.2) is 16.3 Å². The number of halogens is 1. The quantitative estimate of drug-likeness (QED) is 0.627. The molecule has 0 aliphatic rings. The molecule has 2 aromatic rings. The maximum atomic E-state index is 11.1. The largest absolute Gasteiger partial charge is 0.298 e. The molecule has 0 radical (unpaired) electrons. The van der Waals surface area contributed by atoms with Crippen LogP contribution in [-0.2, 0) is 6.42 Å². The summed E-state index contributed by atoms with van der Waals surface area (Å²) in [6, 6.07) is 7.93. The normalized spacial score (nSPS) is 10.4. The molecule has 0 bridgehead atoms. The van der Waals surface area contributed by atoms with Gasteiger partial charge in [-0.15, -0.1) is 0 Å². The summed E-state index contributed by atoms with van der Waals surface area (Å²) in [6.07, 6.45) is 1.64. The zero-order valence-corrected chi connectivity index (χ0v) is 11.0. The van der Waals surface area contributed by atoms with Gasteiger partial charge in [0.05, 0.1) is 11.3 Å². The van der Waals surface area contributed by atoms with Crippen molar-refractivity contribution in [2.24, 2.45) is 0 Å². The molecular weight excluding hydrogens is 248 g/mol. The average Bonchev–Trinajstić information content (AvgIpc) is 2.38. The zero-order chi connectivity index (χ0) is 13.1. The molecule has 0 saturated heterocycles. The molecule has 4 heteroatoms. The number of carbonyl (C=O) groups is 1. The Morgan fingerprint density at radius 1 is 1.33 bits per heavy atom. The van der Waals surface area contributed by atoms with Crippen molar-refractivity contribution in [3.63, 3.8) is 0 Å². The Hall–Kier alpha value is -1.74. The molecule has 0 amide bonds. The van der Waals surface area contributed by atoms with E-state index in [9.17, 15) is 4.79 Å². The minimum atomic E-state index is 0.203. The number of benzene rings is 1. The molecule has 0 N–H and O–H groups in total. The highest BCUT2D eigenvalue weighted by Crippen LogP contribution is 2.25. The van der Waals surface area contributed by atoms with Crippen LogP contribution in [0.1, 0.15) is 28.7 Å². The predicted molar refractivity (Wildman–Crippen MR) is 72.0 cm³/mol. The third kappa shape index (κ3) is 2.41. The fourth-order valence-corrected chi connectivity index (χ4v) is 2.07. The second-order valence-electron chi connectivity index (χ2n) is 4.00. The number of aromatic nitrogens is 2. The topological polar surface area (TPSA) is 42.9 Å². The van der Waals surface area contributed by atoms with E-state index < -0.39 is 0 Å². The summed E-state index contributed by atoms with van der Waals surface area (Å²) in [5.74, 6) is 0.558. The highest BCUT2D eigenvalue weighted by atomic mass is 35.5. The van der Waals surface area contributed by atoms with Crippen LogP contribution in [0.15, 0.2) is 24.3 Å². The lowest BCUT2D eigenvalue weighted by molar-refractivity contribution is 0.112. The monoisotopic (exact) mass is 260 g/mol. The number of hydrogen-bond donors (Lipinski definition) is 0. The highest BCUT2D eigenvalue weighted by Gasteiger charge is 2.12. The fraction of sp³-hybridized carbons (Fsp3) is 0.214. The smallest absolute Gasteiger partial charge is 0.155 e. The number of nitrogens with zero attached hydrogens (tertiary/aromatic N) is 2. The SMILES string of the molecule is CCc1cccc(-c2nc(C)nc(Cl)c2C=O)c1. The van der Waals surface area contributed by atoms with Gasteiger partial charge in [0.25, 0.3) is 0 Å². The van der Waals surface area contributed by atoms with E-state index in [-0.39, 0.29) is 5.15 Å². The Morgan fingerprint density at radius 2 is 2.11 bits per heavy atom. The number of hydrogen-bond acceptors (Lipinski definition) is 3. The first-order valence-corrected chi connectivity index (χ1v) is 6.12. The molecule has 2 rings (SSSR count). The van der Waals surface area contributed by atoms with E-state index >= 15 is 0 Å². The van der Waals surface area contributed by atoms with Crippen LogP contribution in [0, 0.1) is 6.92 Å². The van der Waals surface area contributed by atoms with Gasteiger partial charge in [-0.25, -0.2) is 9.97 Å². The van der Waals surface area contributed by atoms with E-state index in [2.05, 4.69) is 16.9 Å². The van der Waals surface area contributed by atoms with Crippen LogP contribution < -0.4 is 0 Å². The summed E-state index contributed by atoms with van der Waals surface area (Å²) in [6.45, 7) is 3.84. The van der Waals surface area contributed by atoms with Crippen LogP contribution >= 0.6 is 11.6 Å². The number of aldehydes is 1. The van der Waals surface area contributed by atoms with Gasteiger partial charge in [0, 0.05) is 5.56 Å². The van der Waals surface area contributed by atoms with Gasteiger partial charge < -0.3 is 0 Å². The standard InChI is InChI=1S/C14H13ClN2O/c1-3-10-5-4-6-11(7-10)13-12(8-18)14(15)17-9(2)16-13/h4-8H,3H2,1-2H3. The lowest BCUT2D eigenvalue weighted by Crippen LogP contribution is -1.99. The maximum Gasteiger partial charge on any atom is 0.155 e. The molecule has 0 spiro atoms. The van der Waals surface area contributed by atoms with Crippen LogP contribution in [0.4, 0.5) is 0 Å². The molecule has 0 saturated carbocycles. The van der Waals surface area contributed by atoms with Gasteiger partial charge in [-0.1, -0.05) is 36.7 Å². The third-order valence-corrected chi connectivity index (χ3v) is 3.03. The van der Waals surface area contributed by atoms with Crippen LogP contribution in [0.3, 0.4) is 0 Å². The Balaban J connectivity index is 2.65. The Bertz CT molecular complexity index is 596. The van der Waals surface area contributed by atoms with E-state index in [0.29, 0.717) is 23.4 Å². The summed E-state index contributed by atoms with van der Waals surface area (Å²) < 4.78 is 0. The van der Waals surface area contributed by atoms with Crippen LogP contribution in [0.2, 0.25) is 5.15 Å².